The third kappa shape index (κ3) is 2.74. The fourth-order valence-electron chi connectivity index (χ4n) is 1.62. The van der Waals surface area contributed by atoms with Crippen LogP contribution in [0.1, 0.15) is 11.1 Å². The second-order valence-electron chi connectivity index (χ2n) is 4.02. The van der Waals surface area contributed by atoms with E-state index in [0.29, 0.717) is 11.3 Å². The van der Waals surface area contributed by atoms with Crippen LogP contribution in [0, 0.1) is 18.3 Å². The molecule has 0 radical (unpaired) electrons. The molecule has 0 saturated heterocycles. The minimum Gasteiger partial charge on any atom is -0.279 e. The molecule has 1 aromatic heterocycles. The van der Waals surface area contributed by atoms with E-state index in [2.05, 4.69) is 9.71 Å². The lowest BCUT2D eigenvalue weighted by atomic mass is 10.2. The van der Waals surface area contributed by atoms with Crippen LogP contribution in [0.4, 0.5) is 5.69 Å². The van der Waals surface area contributed by atoms with Crippen LogP contribution < -0.4 is 4.72 Å². The number of sulfonamides is 1. The Morgan fingerprint density at radius 3 is 2.75 bits per heavy atom. The third-order valence-electron chi connectivity index (χ3n) is 2.64. The first-order chi connectivity index (χ1) is 9.45. The predicted molar refractivity (Wildman–Crippen MR) is 75.9 cm³/mol. The first-order valence-electron chi connectivity index (χ1n) is 5.58. The second kappa shape index (κ2) is 5.49. The van der Waals surface area contributed by atoms with Crippen molar-refractivity contribution in [1.82, 2.24) is 4.98 Å². The number of pyridine rings is 1. The minimum atomic E-state index is -3.89. The van der Waals surface area contributed by atoms with Crippen LogP contribution in [-0.2, 0) is 10.0 Å². The normalized spacial score (nSPS) is 10.8. The Morgan fingerprint density at radius 2 is 2.10 bits per heavy atom. The van der Waals surface area contributed by atoms with Gasteiger partial charge in [0.2, 0.25) is 0 Å². The number of halogens is 1. The lowest BCUT2D eigenvalue weighted by molar-refractivity contribution is 0.601. The zero-order valence-electron chi connectivity index (χ0n) is 10.5. The summed E-state index contributed by atoms with van der Waals surface area (Å²) in [5, 5.41) is 9.15. The average Bonchev–Trinajstić information content (AvgIpc) is 2.41. The van der Waals surface area contributed by atoms with Crippen molar-refractivity contribution in [2.75, 3.05) is 4.72 Å². The minimum absolute atomic E-state index is 0.0756. The number of hydrogen-bond donors (Lipinski definition) is 1. The van der Waals surface area contributed by atoms with Crippen molar-refractivity contribution in [3.05, 3.63) is 52.8 Å². The van der Waals surface area contributed by atoms with Crippen LogP contribution >= 0.6 is 11.6 Å². The number of hydrogen-bond acceptors (Lipinski definition) is 4. The van der Waals surface area contributed by atoms with Crippen LogP contribution in [-0.4, -0.2) is 13.4 Å². The van der Waals surface area contributed by atoms with Gasteiger partial charge in [-0.1, -0.05) is 17.7 Å². The van der Waals surface area contributed by atoms with Gasteiger partial charge in [-0.3, -0.25) is 9.71 Å². The quantitative estimate of drug-likeness (QED) is 0.945. The van der Waals surface area contributed by atoms with Crippen molar-refractivity contribution in [3.63, 3.8) is 0 Å². The molecule has 7 heteroatoms. The molecule has 0 amide bonds. The molecule has 0 bridgehead atoms. The number of aromatic nitrogens is 1. The third-order valence-corrected chi connectivity index (χ3v) is 4.36. The van der Waals surface area contributed by atoms with E-state index >= 15 is 0 Å². The molecule has 0 atom stereocenters. The van der Waals surface area contributed by atoms with Crippen molar-refractivity contribution in [2.24, 2.45) is 0 Å². The van der Waals surface area contributed by atoms with E-state index in [0.717, 1.165) is 0 Å². The molecule has 0 fully saturated rings. The molecule has 5 nitrogen and oxygen atoms in total. The van der Waals surface area contributed by atoms with Crippen molar-refractivity contribution in [3.8, 4) is 6.07 Å². The number of aryl methyl sites for hydroxylation is 1. The van der Waals surface area contributed by atoms with Gasteiger partial charge in [0.15, 0.2) is 0 Å². The number of nitrogens with one attached hydrogen (secondary N) is 1. The SMILES string of the molecule is Cc1cnccc1NS(=O)(=O)c1cccc(Cl)c1C#N. The maximum atomic E-state index is 12.3. The maximum Gasteiger partial charge on any atom is 0.263 e. The summed E-state index contributed by atoms with van der Waals surface area (Å²) in [6, 6.07) is 7.64. The van der Waals surface area contributed by atoms with Gasteiger partial charge in [0.05, 0.1) is 16.3 Å². The van der Waals surface area contributed by atoms with E-state index in [1.54, 1.807) is 25.3 Å². The van der Waals surface area contributed by atoms with Gasteiger partial charge in [-0.05, 0) is 30.7 Å². The van der Waals surface area contributed by atoms with Gasteiger partial charge in [0, 0.05) is 12.4 Å². The van der Waals surface area contributed by atoms with Gasteiger partial charge in [-0.15, -0.1) is 0 Å². The second-order valence-corrected chi connectivity index (χ2v) is 6.08. The molecule has 20 heavy (non-hydrogen) atoms. The number of anilines is 1. The van der Waals surface area contributed by atoms with Crippen LogP contribution in [0.15, 0.2) is 41.6 Å². The molecule has 0 saturated carbocycles. The Balaban J connectivity index is 2.50. The van der Waals surface area contributed by atoms with Gasteiger partial charge < -0.3 is 0 Å². The predicted octanol–water partition coefficient (Wildman–Crippen LogP) is 2.72. The molecular weight excluding hydrogens is 298 g/mol. The molecule has 0 aliphatic carbocycles. The summed E-state index contributed by atoms with van der Waals surface area (Å²) in [7, 11) is -3.89. The van der Waals surface area contributed by atoms with Gasteiger partial charge >= 0.3 is 0 Å². The van der Waals surface area contributed by atoms with Gasteiger partial charge in [0.1, 0.15) is 11.0 Å². The van der Waals surface area contributed by atoms with E-state index in [4.69, 9.17) is 16.9 Å². The number of benzene rings is 1. The Labute approximate surface area is 121 Å². The highest BCUT2D eigenvalue weighted by Gasteiger charge is 2.21. The number of nitriles is 1. The van der Waals surface area contributed by atoms with Crippen LogP contribution in [0.5, 0.6) is 0 Å². The van der Waals surface area contributed by atoms with Crippen LogP contribution in [0.25, 0.3) is 0 Å². The summed E-state index contributed by atoms with van der Waals surface area (Å²) in [4.78, 5) is 3.74. The van der Waals surface area contributed by atoms with E-state index in [-0.39, 0.29) is 15.5 Å². The Kier molecular flexibility index (Phi) is 3.93. The lowest BCUT2D eigenvalue weighted by Gasteiger charge is -2.11. The zero-order chi connectivity index (χ0) is 14.8. The van der Waals surface area contributed by atoms with Crippen LogP contribution in [0.3, 0.4) is 0 Å². The Morgan fingerprint density at radius 1 is 1.35 bits per heavy atom. The Hall–Kier alpha value is -2.10. The first-order valence-corrected chi connectivity index (χ1v) is 7.44. The van der Waals surface area contributed by atoms with E-state index in [9.17, 15) is 8.42 Å². The summed E-state index contributed by atoms with van der Waals surface area (Å²) in [6.07, 6.45) is 3.02. The van der Waals surface area contributed by atoms with E-state index in [1.165, 1.54) is 24.4 Å². The molecular formula is C13H10ClN3O2S. The molecule has 0 spiro atoms. The Bertz CT molecular complexity index is 798. The summed E-state index contributed by atoms with van der Waals surface area (Å²) in [5.41, 5.74) is 1.01. The molecule has 0 unspecified atom stereocenters. The summed E-state index contributed by atoms with van der Waals surface area (Å²) < 4.78 is 27.1. The maximum absolute atomic E-state index is 12.3. The number of nitrogens with zero attached hydrogens (tertiary/aromatic N) is 2. The van der Waals surface area contributed by atoms with Crippen LogP contribution in [0.2, 0.25) is 5.02 Å². The largest absolute Gasteiger partial charge is 0.279 e. The van der Waals surface area contributed by atoms with Crippen molar-refractivity contribution in [1.29, 1.82) is 5.26 Å². The van der Waals surface area contributed by atoms with Gasteiger partial charge in [-0.2, -0.15) is 5.26 Å². The van der Waals surface area contributed by atoms with Gasteiger partial charge in [0.25, 0.3) is 10.0 Å². The molecule has 1 heterocycles. The topological polar surface area (TPSA) is 82.8 Å². The highest BCUT2D eigenvalue weighted by Crippen LogP contribution is 2.25. The average molecular weight is 308 g/mol. The van der Waals surface area contributed by atoms with Crippen molar-refractivity contribution < 1.29 is 8.42 Å². The molecule has 2 aromatic rings. The van der Waals surface area contributed by atoms with Gasteiger partial charge in [-0.25, -0.2) is 8.42 Å². The van der Waals surface area contributed by atoms with Crippen molar-refractivity contribution >= 4 is 27.3 Å². The summed E-state index contributed by atoms with van der Waals surface area (Å²) in [5.74, 6) is 0. The monoisotopic (exact) mass is 307 g/mol. The first kappa shape index (κ1) is 14.3. The molecule has 2 rings (SSSR count). The highest BCUT2D eigenvalue weighted by atomic mass is 35.5. The molecule has 1 N–H and O–H groups in total. The fourth-order valence-corrected chi connectivity index (χ4v) is 3.21. The van der Waals surface area contributed by atoms with E-state index in [1.807, 2.05) is 0 Å². The van der Waals surface area contributed by atoms with Crippen molar-refractivity contribution in [2.45, 2.75) is 11.8 Å². The molecule has 1 aromatic carbocycles. The number of rotatable bonds is 3. The standard InChI is InChI=1S/C13H10ClN3O2S/c1-9-8-16-6-5-12(9)17-20(18,19)13-4-2-3-11(14)10(13)7-15/h2-6,8H,1H3,(H,16,17). The highest BCUT2D eigenvalue weighted by molar-refractivity contribution is 7.92. The molecule has 0 aliphatic rings. The molecule has 102 valence electrons. The fraction of sp³-hybridized carbons (Fsp3) is 0.0769. The molecule has 0 aliphatic heterocycles. The summed E-state index contributed by atoms with van der Waals surface area (Å²) >= 11 is 5.85. The van der Waals surface area contributed by atoms with E-state index < -0.39 is 10.0 Å². The zero-order valence-corrected chi connectivity index (χ0v) is 12.0. The summed E-state index contributed by atoms with van der Waals surface area (Å²) in [6.45, 7) is 1.73. The smallest absolute Gasteiger partial charge is 0.263 e. The lowest BCUT2D eigenvalue weighted by Crippen LogP contribution is -2.15.